The summed E-state index contributed by atoms with van der Waals surface area (Å²) in [5.41, 5.74) is 2.86. The Balaban J connectivity index is 2.36. The van der Waals surface area contributed by atoms with Gasteiger partial charge in [0.25, 0.3) is 0 Å². The summed E-state index contributed by atoms with van der Waals surface area (Å²) in [5.74, 6) is 6.55. The van der Waals surface area contributed by atoms with E-state index in [1.807, 2.05) is 23.3 Å². The molecular weight excluding hydrogens is 226 g/mol. The average Bonchev–Trinajstić information content (AvgIpc) is 2.63. The van der Waals surface area contributed by atoms with Crippen molar-refractivity contribution in [1.29, 1.82) is 0 Å². The minimum Gasteiger partial charge on any atom is -0.271 e. The molecule has 3 N–H and O–H groups in total. The fraction of sp³-hybridized carbons (Fsp3) is 0.700. The van der Waals surface area contributed by atoms with Crippen LogP contribution in [0.3, 0.4) is 0 Å². The van der Waals surface area contributed by atoms with E-state index in [0.717, 1.165) is 17.2 Å². The molecule has 0 saturated heterocycles. The second-order valence-electron chi connectivity index (χ2n) is 4.42. The Kier molecular flexibility index (Phi) is 5.05. The number of thioether (sulfide) groups is 1. The zero-order chi connectivity index (χ0) is 11.3. The van der Waals surface area contributed by atoms with Crippen molar-refractivity contribution in [3.63, 3.8) is 0 Å². The fourth-order valence-electron chi connectivity index (χ4n) is 1.08. The molecule has 0 fully saturated rings. The minimum absolute atomic E-state index is 0.290. The molecule has 15 heavy (non-hydrogen) atoms. The number of thiazole rings is 1. The molecule has 0 aliphatic carbocycles. The van der Waals surface area contributed by atoms with Crippen LogP contribution in [0.2, 0.25) is 0 Å². The van der Waals surface area contributed by atoms with Crippen molar-refractivity contribution in [1.82, 2.24) is 10.4 Å². The van der Waals surface area contributed by atoms with Crippen LogP contribution in [0.5, 0.6) is 0 Å². The van der Waals surface area contributed by atoms with Crippen LogP contribution in [0.25, 0.3) is 0 Å². The lowest BCUT2D eigenvalue weighted by Gasteiger charge is -2.21. The maximum absolute atomic E-state index is 5.53. The summed E-state index contributed by atoms with van der Waals surface area (Å²) in [6, 6.07) is 0.306. The first-order valence-corrected chi connectivity index (χ1v) is 6.86. The number of nitrogens with two attached hydrogens (primary N) is 1. The molecule has 0 bridgehead atoms. The monoisotopic (exact) mass is 245 g/mol. The molecule has 1 aromatic heterocycles. The number of rotatable bonds is 5. The Bertz CT molecular complexity index is 267. The predicted molar refractivity (Wildman–Crippen MR) is 69.1 cm³/mol. The van der Waals surface area contributed by atoms with Crippen LogP contribution in [0.15, 0.2) is 11.6 Å². The topological polar surface area (TPSA) is 50.9 Å². The van der Waals surface area contributed by atoms with E-state index < -0.39 is 0 Å². The lowest BCUT2D eigenvalue weighted by molar-refractivity contribution is 0.572. The van der Waals surface area contributed by atoms with E-state index in [4.69, 9.17) is 5.84 Å². The van der Waals surface area contributed by atoms with Crippen molar-refractivity contribution in [2.45, 2.75) is 38.0 Å². The average molecular weight is 245 g/mol. The summed E-state index contributed by atoms with van der Waals surface area (Å²) in [7, 11) is 0. The zero-order valence-electron chi connectivity index (χ0n) is 9.49. The van der Waals surface area contributed by atoms with Crippen molar-refractivity contribution in [3.05, 3.63) is 16.6 Å². The van der Waals surface area contributed by atoms with Gasteiger partial charge in [-0.2, -0.15) is 11.8 Å². The molecule has 3 nitrogen and oxygen atoms in total. The number of nitrogens with one attached hydrogen (secondary N) is 1. The van der Waals surface area contributed by atoms with Crippen molar-refractivity contribution < 1.29 is 0 Å². The van der Waals surface area contributed by atoms with Gasteiger partial charge in [0.2, 0.25) is 0 Å². The van der Waals surface area contributed by atoms with Gasteiger partial charge >= 0.3 is 0 Å². The third kappa shape index (κ3) is 5.51. The molecule has 0 saturated carbocycles. The maximum Gasteiger partial charge on any atom is 0.0941 e. The van der Waals surface area contributed by atoms with Gasteiger partial charge in [-0.1, -0.05) is 20.8 Å². The second-order valence-corrected chi connectivity index (χ2v) is 7.24. The molecule has 86 valence electrons. The summed E-state index contributed by atoms with van der Waals surface area (Å²) >= 11 is 3.61. The molecule has 0 aliphatic heterocycles. The highest BCUT2D eigenvalue weighted by atomic mass is 32.2. The minimum atomic E-state index is 0.290. The number of hydrogen-bond acceptors (Lipinski definition) is 5. The van der Waals surface area contributed by atoms with Crippen LogP contribution in [-0.2, 0) is 6.42 Å². The predicted octanol–water partition coefficient (Wildman–Crippen LogP) is 2.05. The molecule has 1 unspecified atom stereocenters. The van der Waals surface area contributed by atoms with Crippen LogP contribution < -0.4 is 11.3 Å². The number of hydrazine groups is 1. The van der Waals surface area contributed by atoms with Crippen molar-refractivity contribution in [2.75, 3.05) is 5.75 Å². The van der Waals surface area contributed by atoms with Gasteiger partial charge in [0.05, 0.1) is 5.01 Å². The van der Waals surface area contributed by atoms with E-state index >= 15 is 0 Å². The van der Waals surface area contributed by atoms with Crippen LogP contribution in [0, 0.1) is 0 Å². The fourth-order valence-corrected chi connectivity index (χ4v) is 2.69. The highest BCUT2D eigenvalue weighted by Gasteiger charge is 2.15. The Morgan fingerprint density at radius 3 is 2.80 bits per heavy atom. The van der Waals surface area contributed by atoms with E-state index in [9.17, 15) is 0 Å². The van der Waals surface area contributed by atoms with Crippen LogP contribution in [-0.4, -0.2) is 21.5 Å². The number of hydrogen-bond donors (Lipinski definition) is 2. The Morgan fingerprint density at radius 1 is 1.60 bits per heavy atom. The van der Waals surface area contributed by atoms with Crippen molar-refractivity contribution >= 4 is 23.1 Å². The second kappa shape index (κ2) is 5.84. The Hall–Kier alpha value is -0.100. The first-order chi connectivity index (χ1) is 7.01. The Labute approximate surface area is 99.8 Å². The van der Waals surface area contributed by atoms with E-state index in [1.54, 1.807) is 11.3 Å². The SMILES string of the molecule is CC(C)(C)SCC(Cc1nccs1)NN. The molecule has 0 aliphatic rings. The van der Waals surface area contributed by atoms with Crippen LogP contribution in [0.1, 0.15) is 25.8 Å². The van der Waals surface area contributed by atoms with E-state index in [-0.39, 0.29) is 4.75 Å². The quantitative estimate of drug-likeness (QED) is 0.616. The molecule has 5 heteroatoms. The molecule has 1 atom stereocenters. The van der Waals surface area contributed by atoms with Gasteiger partial charge in [-0.05, 0) is 0 Å². The highest BCUT2D eigenvalue weighted by Crippen LogP contribution is 2.24. The van der Waals surface area contributed by atoms with Crippen LogP contribution >= 0.6 is 23.1 Å². The molecule has 1 aromatic rings. The zero-order valence-corrected chi connectivity index (χ0v) is 11.1. The molecule has 1 heterocycles. The number of aromatic nitrogens is 1. The lowest BCUT2D eigenvalue weighted by Crippen LogP contribution is -2.39. The molecule has 0 aromatic carbocycles. The normalized spacial score (nSPS) is 14.1. The smallest absolute Gasteiger partial charge is 0.0941 e. The molecule has 0 amide bonds. The van der Waals surface area contributed by atoms with E-state index in [1.165, 1.54) is 0 Å². The summed E-state index contributed by atoms with van der Waals surface area (Å²) in [6.07, 6.45) is 2.75. The maximum atomic E-state index is 5.53. The van der Waals surface area contributed by atoms with Gasteiger partial charge in [-0.25, -0.2) is 4.98 Å². The lowest BCUT2D eigenvalue weighted by atomic mass is 10.2. The number of nitrogens with zero attached hydrogens (tertiary/aromatic N) is 1. The van der Waals surface area contributed by atoms with Gasteiger partial charge in [0.1, 0.15) is 0 Å². The molecule has 0 spiro atoms. The van der Waals surface area contributed by atoms with Crippen molar-refractivity contribution in [2.24, 2.45) is 5.84 Å². The van der Waals surface area contributed by atoms with E-state index in [0.29, 0.717) is 6.04 Å². The van der Waals surface area contributed by atoms with E-state index in [2.05, 4.69) is 31.2 Å². The summed E-state index contributed by atoms with van der Waals surface area (Å²) in [4.78, 5) is 4.26. The largest absolute Gasteiger partial charge is 0.271 e. The Morgan fingerprint density at radius 2 is 2.33 bits per heavy atom. The van der Waals surface area contributed by atoms with Gasteiger partial charge in [0, 0.05) is 34.5 Å². The first kappa shape index (κ1) is 13.0. The third-order valence-electron chi connectivity index (χ3n) is 1.86. The summed E-state index contributed by atoms with van der Waals surface area (Å²) < 4.78 is 0.290. The molecule has 0 radical (unpaired) electrons. The van der Waals surface area contributed by atoms with Crippen LogP contribution in [0.4, 0.5) is 0 Å². The standard InChI is InChI=1S/C10H19N3S2/c1-10(2,3)15-7-8(13-11)6-9-12-4-5-14-9/h4-5,8,13H,6-7,11H2,1-3H3. The van der Waals surface area contributed by atoms with Gasteiger partial charge in [-0.3, -0.25) is 11.3 Å². The van der Waals surface area contributed by atoms with Crippen molar-refractivity contribution in [3.8, 4) is 0 Å². The van der Waals surface area contributed by atoms with Gasteiger partial charge in [-0.15, -0.1) is 11.3 Å². The third-order valence-corrected chi connectivity index (χ3v) is 4.09. The highest BCUT2D eigenvalue weighted by molar-refractivity contribution is 8.00. The van der Waals surface area contributed by atoms with Gasteiger partial charge < -0.3 is 0 Å². The molecule has 1 rings (SSSR count). The summed E-state index contributed by atoms with van der Waals surface area (Å²) in [5, 5.41) is 3.15. The molecular formula is C10H19N3S2. The first-order valence-electron chi connectivity index (χ1n) is 5.00. The van der Waals surface area contributed by atoms with Gasteiger partial charge in [0.15, 0.2) is 0 Å². The summed E-state index contributed by atoms with van der Waals surface area (Å²) in [6.45, 7) is 6.65.